The fourth-order valence-electron chi connectivity index (χ4n) is 4.71. The SMILES string of the molecule is CCCC(CC)c1cc(C2=CC=C(c3ccc(OCC4CO4)cc3)CC2)ccc1OCC1CO1. The monoisotopic (exact) mass is 460 g/mol. The van der Waals surface area contributed by atoms with Gasteiger partial charge in [-0.1, -0.05) is 50.6 Å². The lowest BCUT2D eigenvalue weighted by atomic mass is 9.86. The van der Waals surface area contributed by atoms with Crippen LogP contribution in [-0.4, -0.2) is 38.6 Å². The molecule has 0 radical (unpaired) electrons. The molecule has 0 aromatic heterocycles. The van der Waals surface area contributed by atoms with Crippen molar-refractivity contribution in [3.05, 3.63) is 71.3 Å². The molecule has 2 fully saturated rings. The third-order valence-electron chi connectivity index (χ3n) is 6.99. The van der Waals surface area contributed by atoms with E-state index < -0.39 is 0 Å². The Bertz CT molecular complexity index is 1030. The van der Waals surface area contributed by atoms with Gasteiger partial charge in [0.2, 0.25) is 0 Å². The van der Waals surface area contributed by atoms with Crippen LogP contribution in [-0.2, 0) is 9.47 Å². The summed E-state index contributed by atoms with van der Waals surface area (Å²) in [6.07, 6.45) is 10.7. The van der Waals surface area contributed by atoms with Gasteiger partial charge in [-0.3, -0.25) is 0 Å². The van der Waals surface area contributed by atoms with E-state index in [9.17, 15) is 0 Å². The normalized spacial score (nSPS) is 21.9. The predicted molar refractivity (Wildman–Crippen MR) is 136 cm³/mol. The lowest BCUT2D eigenvalue weighted by Gasteiger charge is -2.22. The standard InChI is InChI=1S/C30H36O4/c1-3-5-21(4-2)29-16-25(12-15-30(29)34-20-28-19-33-28)24-8-6-22(7-9-24)23-10-13-26(14-11-23)31-17-27-18-32-27/h6,8,10-16,21,27-28H,3-5,7,9,17-20H2,1-2H3. The van der Waals surface area contributed by atoms with Crippen molar-refractivity contribution in [3.63, 3.8) is 0 Å². The van der Waals surface area contributed by atoms with Gasteiger partial charge in [0, 0.05) is 0 Å². The molecule has 4 nitrogen and oxygen atoms in total. The van der Waals surface area contributed by atoms with Crippen LogP contribution in [0.1, 0.15) is 68.6 Å². The molecule has 3 aliphatic rings. The highest BCUT2D eigenvalue weighted by Gasteiger charge is 2.25. The predicted octanol–water partition coefficient (Wildman–Crippen LogP) is 6.80. The minimum absolute atomic E-state index is 0.274. The van der Waals surface area contributed by atoms with Crippen molar-refractivity contribution < 1.29 is 18.9 Å². The Morgan fingerprint density at radius 1 is 0.824 bits per heavy atom. The summed E-state index contributed by atoms with van der Waals surface area (Å²) >= 11 is 0. The van der Waals surface area contributed by atoms with Crippen molar-refractivity contribution in [3.8, 4) is 11.5 Å². The van der Waals surface area contributed by atoms with Crippen LogP contribution in [0.4, 0.5) is 0 Å². The Morgan fingerprint density at radius 3 is 2.03 bits per heavy atom. The topological polar surface area (TPSA) is 43.5 Å². The molecule has 0 N–H and O–H groups in total. The average molecular weight is 461 g/mol. The van der Waals surface area contributed by atoms with E-state index in [2.05, 4.69) is 68.5 Å². The van der Waals surface area contributed by atoms with E-state index in [1.165, 1.54) is 40.7 Å². The van der Waals surface area contributed by atoms with Gasteiger partial charge in [0.15, 0.2) is 0 Å². The molecule has 0 amide bonds. The third kappa shape index (κ3) is 5.92. The van der Waals surface area contributed by atoms with E-state index in [0.29, 0.717) is 19.1 Å². The van der Waals surface area contributed by atoms with E-state index in [4.69, 9.17) is 18.9 Å². The molecule has 180 valence electrons. The van der Waals surface area contributed by atoms with E-state index in [1.54, 1.807) is 0 Å². The quantitative estimate of drug-likeness (QED) is 0.327. The fraction of sp³-hybridized carbons (Fsp3) is 0.467. The molecule has 2 aliphatic heterocycles. The van der Waals surface area contributed by atoms with Crippen molar-refractivity contribution in [1.29, 1.82) is 0 Å². The summed E-state index contributed by atoms with van der Waals surface area (Å²) in [5.74, 6) is 2.47. The third-order valence-corrected chi connectivity index (χ3v) is 6.99. The molecule has 2 aromatic rings. The molecule has 3 atom stereocenters. The molecule has 3 unspecified atom stereocenters. The van der Waals surface area contributed by atoms with Gasteiger partial charge in [0.05, 0.1) is 13.2 Å². The molecule has 1 aliphatic carbocycles. The lowest BCUT2D eigenvalue weighted by molar-refractivity contribution is 0.259. The van der Waals surface area contributed by atoms with Crippen LogP contribution in [0, 0.1) is 0 Å². The number of rotatable bonds is 12. The summed E-state index contributed by atoms with van der Waals surface area (Å²) in [6, 6.07) is 15.2. The summed E-state index contributed by atoms with van der Waals surface area (Å²) in [5, 5.41) is 0. The van der Waals surface area contributed by atoms with E-state index in [0.717, 1.165) is 44.0 Å². The molecule has 0 bridgehead atoms. The first-order chi connectivity index (χ1) is 16.7. The van der Waals surface area contributed by atoms with E-state index in [-0.39, 0.29) is 12.2 Å². The summed E-state index contributed by atoms with van der Waals surface area (Å²) in [7, 11) is 0. The number of allylic oxidation sites excluding steroid dienone is 4. The number of ether oxygens (including phenoxy) is 4. The molecular formula is C30H36O4. The Kier molecular flexibility index (Phi) is 7.36. The van der Waals surface area contributed by atoms with Crippen molar-refractivity contribution in [1.82, 2.24) is 0 Å². The average Bonchev–Trinajstić information content (AvgIpc) is 3.81. The van der Waals surface area contributed by atoms with Crippen LogP contribution in [0.2, 0.25) is 0 Å². The van der Waals surface area contributed by atoms with Crippen LogP contribution in [0.15, 0.2) is 54.6 Å². The summed E-state index contributed by atoms with van der Waals surface area (Å²) < 4.78 is 22.5. The maximum Gasteiger partial charge on any atom is 0.122 e. The van der Waals surface area contributed by atoms with Crippen molar-refractivity contribution in [2.24, 2.45) is 0 Å². The van der Waals surface area contributed by atoms with Gasteiger partial charge >= 0.3 is 0 Å². The minimum Gasteiger partial charge on any atom is -0.491 e. The molecule has 0 saturated carbocycles. The largest absolute Gasteiger partial charge is 0.491 e. The molecule has 2 saturated heterocycles. The second kappa shape index (κ2) is 10.8. The van der Waals surface area contributed by atoms with Crippen LogP contribution in [0.25, 0.3) is 11.1 Å². The summed E-state index contributed by atoms with van der Waals surface area (Å²) in [5.41, 5.74) is 6.72. The number of benzene rings is 2. The zero-order valence-corrected chi connectivity index (χ0v) is 20.4. The smallest absolute Gasteiger partial charge is 0.122 e. The van der Waals surface area contributed by atoms with Gasteiger partial charge in [-0.15, -0.1) is 0 Å². The zero-order valence-electron chi connectivity index (χ0n) is 20.4. The van der Waals surface area contributed by atoms with Crippen LogP contribution < -0.4 is 9.47 Å². The van der Waals surface area contributed by atoms with Gasteiger partial charge in [0.1, 0.15) is 36.9 Å². The van der Waals surface area contributed by atoms with Crippen molar-refractivity contribution in [2.45, 2.75) is 64.1 Å². The highest BCUT2D eigenvalue weighted by molar-refractivity contribution is 5.78. The highest BCUT2D eigenvalue weighted by Crippen LogP contribution is 2.38. The number of hydrogen-bond acceptors (Lipinski definition) is 4. The molecule has 5 rings (SSSR count). The maximum atomic E-state index is 6.18. The van der Waals surface area contributed by atoms with Crippen LogP contribution >= 0.6 is 0 Å². The first kappa shape index (κ1) is 23.2. The Labute approximate surface area is 203 Å². The first-order valence-corrected chi connectivity index (χ1v) is 12.9. The Morgan fingerprint density at radius 2 is 1.44 bits per heavy atom. The highest BCUT2D eigenvalue weighted by atomic mass is 16.6. The second-order valence-electron chi connectivity index (χ2n) is 9.59. The first-order valence-electron chi connectivity index (χ1n) is 12.9. The van der Waals surface area contributed by atoms with Gasteiger partial charge in [-0.25, -0.2) is 0 Å². The van der Waals surface area contributed by atoms with Gasteiger partial charge in [-0.2, -0.15) is 0 Å². The van der Waals surface area contributed by atoms with E-state index >= 15 is 0 Å². The molecule has 2 heterocycles. The summed E-state index contributed by atoms with van der Waals surface area (Å²) in [4.78, 5) is 0. The fourth-order valence-corrected chi connectivity index (χ4v) is 4.71. The van der Waals surface area contributed by atoms with Gasteiger partial charge < -0.3 is 18.9 Å². The minimum atomic E-state index is 0.274. The molecular weight excluding hydrogens is 424 g/mol. The van der Waals surface area contributed by atoms with Gasteiger partial charge in [-0.05, 0) is 83.7 Å². The maximum absolute atomic E-state index is 6.18. The Balaban J connectivity index is 1.31. The second-order valence-corrected chi connectivity index (χ2v) is 9.59. The lowest BCUT2D eigenvalue weighted by Crippen LogP contribution is -2.08. The number of hydrogen-bond donors (Lipinski definition) is 0. The van der Waals surface area contributed by atoms with E-state index in [1.807, 2.05) is 0 Å². The Hall–Kier alpha value is -2.56. The zero-order chi connectivity index (χ0) is 23.3. The summed E-state index contributed by atoms with van der Waals surface area (Å²) in [6.45, 7) is 7.50. The van der Waals surface area contributed by atoms with Crippen LogP contribution in [0.5, 0.6) is 11.5 Å². The number of epoxide rings is 2. The van der Waals surface area contributed by atoms with Crippen molar-refractivity contribution in [2.75, 3.05) is 26.4 Å². The van der Waals surface area contributed by atoms with Crippen LogP contribution in [0.3, 0.4) is 0 Å². The molecule has 0 spiro atoms. The van der Waals surface area contributed by atoms with Crippen molar-refractivity contribution >= 4 is 11.1 Å². The molecule has 34 heavy (non-hydrogen) atoms. The van der Waals surface area contributed by atoms with Gasteiger partial charge in [0.25, 0.3) is 0 Å². The molecule has 4 heteroatoms. The molecule has 2 aromatic carbocycles.